The number of H-pyrrole nitrogens is 1. The molecule has 1 aromatic heterocycles. The molecule has 0 saturated heterocycles. The number of anilines is 1. The largest absolute Gasteiger partial charge is 0.378 e. The first-order valence-electron chi connectivity index (χ1n) is 6.22. The summed E-state index contributed by atoms with van der Waals surface area (Å²) in [4.78, 5) is 5.69. The van der Waals surface area contributed by atoms with Gasteiger partial charge in [0.25, 0.3) is 0 Å². The van der Waals surface area contributed by atoms with Gasteiger partial charge in [-0.25, -0.2) is 0 Å². The van der Waals surface area contributed by atoms with Gasteiger partial charge in [0, 0.05) is 48.8 Å². The first-order valence-corrected chi connectivity index (χ1v) is 6.22. The van der Waals surface area contributed by atoms with Gasteiger partial charge >= 0.3 is 0 Å². The van der Waals surface area contributed by atoms with Gasteiger partial charge in [-0.3, -0.25) is 0 Å². The van der Waals surface area contributed by atoms with Crippen LogP contribution in [0.15, 0.2) is 18.2 Å². The molecular weight excluding hydrogens is 210 g/mol. The van der Waals surface area contributed by atoms with Crippen LogP contribution in [0.25, 0.3) is 10.9 Å². The van der Waals surface area contributed by atoms with Gasteiger partial charge in [-0.2, -0.15) is 0 Å². The number of hydrogen-bond donors (Lipinski definition) is 2. The van der Waals surface area contributed by atoms with Crippen LogP contribution in [0.5, 0.6) is 0 Å². The van der Waals surface area contributed by atoms with Crippen molar-refractivity contribution in [1.29, 1.82) is 0 Å². The monoisotopic (exact) mass is 229 g/mol. The highest BCUT2D eigenvalue weighted by Gasteiger charge is 2.25. The molecule has 3 heteroatoms. The third kappa shape index (κ3) is 1.53. The van der Waals surface area contributed by atoms with E-state index in [1.807, 2.05) is 0 Å². The van der Waals surface area contributed by atoms with E-state index < -0.39 is 0 Å². The molecule has 0 saturated carbocycles. The number of aromatic amines is 1. The predicted octanol–water partition coefficient (Wildman–Crippen LogP) is 2.22. The molecule has 2 aromatic rings. The Balaban J connectivity index is 2.17. The van der Waals surface area contributed by atoms with Crippen LogP contribution >= 0.6 is 0 Å². The molecule has 1 atom stereocenters. The molecule has 17 heavy (non-hydrogen) atoms. The van der Waals surface area contributed by atoms with Crippen molar-refractivity contribution in [2.24, 2.45) is 5.73 Å². The molecule has 1 aromatic carbocycles. The number of aromatic nitrogens is 1. The van der Waals surface area contributed by atoms with Gasteiger partial charge in [0.15, 0.2) is 0 Å². The van der Waals surface area contributed by atoms with Gasteiger partial charge in [-0.05, 0) is 36.6 Å². The predicted molar refractivity (Wildman–Crippen MR) is 72.7 cm³/mol. The summed E-state index contributed by atoms with van der Waals surface area (Å²) in [6.07, 6.45) is 2.36. The second-order valence-electron chi connectivity index (χ2n) is 5.11. The summed E-state index contributed by atoms with van der Waals surface area (Å²) in [6, 6.07) is 6.62. The Bertz CT molecular complexity index is 554. The Kier molecular flexibility index (Phi) is 2.37. The Labute approximate surface area is 102 Å². The number of nitrogens with zero attached hydrogens (tertiary/aromatic N) is 1. The summed E-state index contributed by atoms with van der Waals surface area (Å²) in [6.45, 7) is 0.750. The smallest absolute Gasteiger partial charge is 0.0460 e. The van der Waals surface area contributed by atoms with Gasteiger partial charge in [-0.15, -0.1) is 0 Å². The summed E-state index contributed by atoms with van der Waals surface area (Å²) in [5.74, 6) is 0.528. The van der Waals surface area contributed by atoms with Crippen molar-refractivity contribution in [1.82, 2.24) is 4.98 Å². The summed E-state index contributed by atoms with van der Waals surface area (Å²) in [7, 11) is 4.16. The number of aryl methyl sites for hydroxylation is 1. The maximum Gasteiger partial charge on any atom is 0.0460 e. The van der Waals surface area contributed by atoms with Crippen molar-refractivity contribution in [3.63, 3.8) is 0 Å². The van der Waals surface area contributed by atoms with Gasteiger partial charge in [0.05, 0.1) is 0 Å². The number of benzene rings is 1. The van der Waals surface area contributed by atoms with E-state index in [0.29, 0.717) is 5.92 Å². The number of rotatable bonds is 2. The minimum Gasteiger partial charge on any atom is -0.378 e. The average molecular weight is 229 g/mol. The standard InChI is InChI=1S/C14H19N3/c1-17(2)10-4-6-13-12(7-10)11-5-3-9(8-15)14(11)16-13/h4,6-7,9,16H,3,5,8,15H2,1-2H3. The molecule has 90 valence electrons. The lowest BCUT2D eigenvalue weighted by Crippen LogP contribution is -2.09. The van der Waals surface area contributed by atoms with E-state index in [2.05, 4.69) is 42.2 Å². The Hall–Kier alpha value is -1.48. The van der Waals surface area contributed by atoms with Crippen molar-refractivity contribution in [2.75, 3.05) is 25.5 Å². The fourth-order valence-corrected chi connectivity index (χ4v) is 2.85. The first-order chi connectivity index (χ1) is 8.20. The molecule has 3 rings (SSSR count). The van der Waals surface area contributed by atoms with Crippen LogP contribution in [-0.2, 0) is 6.42 Å². The van der Waals surface area contributed by atoms with E-state index in [0.717, 1.165) is 13.0 Å². The lowest BCUT2D eigenvalue weighted by molar-refractivity contribution is 0.675. The minimum atomic E-state index is 0.528. The van der Waals surface area contributed by atoms with Crippen molar-refractivity contribution in [2.45, 2.75) is 18.8 Å². The average Bonchev–Trinajstić information content (AvgIpc) is 2.86. The van der Waals surface area contributed by atoms with Crippen molar-refractivity contribution in [3.05, 3.63) is 29.5 Å². The molecule has 1 aliphatic carbocycles. The molecule has 3 nitrogen and oxygen atoms in total. The van der Waals surface area contributed by atoms with Crippen molar-refractivity contribution >= 4 is 16.6 Å². The van der Waals surface area contributed by atoms with Gasteiger partial charge < -0.3 is 15.6 Å². The quantitative estimate of drug-likeness (QED) is 0.829. The minimum absolute atomic E-state index is 0.528. The topological polar surface area (TPSA) is 45.0 Å². The molecule has 0 fully saturated rings. The Morgan fingerprint density at radius 2 is 2.24 bits per heavy atom. The Morgan fingerprint density at radius 1 is 1.41 bits per heavy atom. The van der Waals surface area contributed by atoms with E-state index in [1.54, 1.807) is 0 Å². The van der Waals surface area contributed by atoms with Crippen LogP contribution in [0.2, 0.25) is 0 Å². The maximum atomic E-state index is 5.82. The molecule has 1 aliphatic rings. The molecule has 1 heterocycles. The van der Waals surface area contributed by atoms with Crippen LogP contribution in [0, 0.1) is 0 Å². The molecule has 3 N–H and O–H groups in total. The lowest BCUT2D eigenvalue weighted by atomic mass is 10.1. The normalized spacial score (nSPS) is 18.6. The van der Waals surface area contributed by atoms with Gasteiger partial charge in [-0.1, -0.05) is 0 Å². The molecule has 0 amide bonds. The zero-order valence-corrected chi connectivity index (χ0v) is 10.5. The summed E-state index contributed by atoms with van der Waals surface area (Å²) < 4.78 is 0. The third-order valence-corrected chi connectivity index (χ3v) is 3.87. The second-order valence-corrected chi connectivity index (χ2v) is 5.11. The molecule has 0 spiro atoms. The SMILES string of the molecule is CN(C)c1ccc2[nH]c3c(c2c1)CCC3CN. The van der Waals surface area contributed by atoms with E-state index in [4.69, 9.17) is 5.73 Å². The fraction of sp³-hybridized carbons (Fsp3) is 0.429. The van der Waals surface area contributed by atoms with Crippen LogP contribution in [0.1, 0.15) is 23.6 Å². The zero-order valence-electron chi connectivity index (χ0n) is 10.5. The molecule has 0 aliphatic heterocycles. The third-order valence-electron chi connectivity index (χ3n) is 3.87. The number of nitrogens with one attached hydrogen (secondary N) is 1. The van der Waals surface area contributed by atoms with E-state index >= 15 is 0 Å². The molecule has 0 bridgehead atoms. The molecule has 1 unspecified atom stereocenters. The number of nitrogens with two attached hydrogens (primary N) is 1. The molecular formula is C14H19N3. The fourth-order valence-electron chi connectivity index (χ4n) is 2.85. The van der Waals surface area contributed by atoms with E-state index in [-0.39, 0.29) is 0 Å². The Morgan fingerprint density at radius 3 is 2.94 bits per heavy atom. The van der Waals surface area contributed by atoms with Crippen LogP contribution < -0.4 is 10.6 Å². The highest BCUT2D eigenvalue weighted by Crippen LogP contribution is 2.38. The zero-order chi connectivity index (χ0) is 12.0. The highest BCUT2D eigenvalue weighted by atomic mass is 15.1. The van der Waals surface area contributed by atoms with E-state index in [9.17, 15) is 0 Å². The van der Waals surface area contributed by atoms with E-state index in [1.165, 1.54) is 34.3 Å². The van der Waals surface area contributed by atoms with Gasteiger partial charge in [0.2, 0.25) is 0 Å². The number of fused-ring (bicyclic) bond motifs is 3. The summed E-state index contributed by atoms with van der Waals surface area (Å²) >= 11 is 0. The van der Waals surface area contributed by atoms with Crippen LogP contribution in [0.3, 0.4) is 0 Å². The van der Waals surface area contributed by atoms with Crippen LogP contribution in [0.4, 0.5) is 5.69 Å². The summed E-state index contributed by atoms with van der Waals surface area (Å²) in [5, 5.41) is 1.38. The highest BCUT2D eigenvalue weighted by molar-refractivity contribution is 5.88. The lowest BCUT2D eigenvalue weighted by Gasteiger charge is -2.12. The maximum absolute atomic E-state index is 5.82. The van der Waals surface area contributed by atoms with Crippen molar-refractivity contribution in [3.8, 4) is 0 Å². The van der Waals surface area contributed by atoms with Crippen LogP contribution in [-0.4, -0.2) is 25.6 Å². The molecule has 0 radical (unpaired) electrons. The summed E-state index contributed by atoms with van der Waals surface area (Å²) in [5.41, 5.74) is 11.2. The first kappa shape index (κ1) is 10.7. The van der Waals surface area contributed by atoms with Gasteiger partial charge in [0.1, 0.15) is 0 Å². The number of hydrogen-bond acceptors (Lipinski definition) is 2. The second kappa shape index (κ2) is 3.77. The van der Waals surface area contributed by atoms with Crippen molar-refractivity contribution < 1.29 is 0 Å².